The van der Waals surface area contributed by atoms with Crippen LogP contribution in [-0.4, -0.2) is 14.0 Å². The molecular formula is C11H13ClN2O2S. The normalized spacial score (nSPS) is 14.9. The van der Waals surface area contributed by atoms with Crippen molar-refractivity contribution in [2.75, 3.05) is 0 Å². The van der Waals surface area contributed by atoms with E-state index < -0.39 is 15.6 Å². The molecule has 6 heteroatoms. The van der Waals surface area contributed by atoms with Gasteiger partial charge in [0, 0.05) is 5.02 Å². The Morgan fingerprint density at radius 2 is 1.94 bits per heavy atom. The van der Waals surface area contributed by atoms with Gasteiger partial charge in [0.15, 0.2) is 0 Å². The molecule has 0 radical (unpaired) electrons. The van der Waals surface area contributed by atoms with Gasteiger partial charge in [0.05, 0.1) is 11.0 Å². The van der Waals surface area contributed by atoms with E-state index in [1.54, 1.807) is 13.8 Å². The van der Waals surface area contributed by atoms with Crippen molar-refractivity contribution in [3.8, 4) is 6.07 Å². The first-order valence-corrected chi connectivity index (χ1v) is 6.90. The molecule has 1 atom stereocenters. The fourth-order valence-electron chi connectivity index (χ4n) is 1.14. The number of benzene rings is 1. The Kier molecular flexibility index (Phi) is 4.15. The van der Waals surface area contributed by atoms with Crippen LogP contribution >= 0.6 is 11.6 Å². The topological polar surface area (TPSA) is 70.0 Å². The first-order valence-electron chi connectivity index (χ1n) is 5.04. The summed E-state index contributed by atoms with van der Waals surface area (Å²) in [4.78, 5) is 0.0943. The molecule has 0 spiro atoms. The van der Waals surface area contributed by atoms with E-state index in [0.717, 1.165) is 0 Å². The van der Waals surface area contributed by atoms with Gasteiger partial charge in [-0.2, -0.15) is 9.98 Å². The van der Waals surface area contributed by atoms with Crippen molar-refractivity contribution in [2.45, 2.75) is 30.7 Å². The summed E-state index contributed by atoms with van der Waals surface area (Å²) in [7, 11) is -3.69. The Morgan fingerprint density at radius 3 is 2.35 bits per heavy atom. The molecule has 4 nitrogen and oxygen atoms in total. The maximum atomic E-state index is 12.0. The zero-order chi connectivity index (χ0) is 13.1. The minimum absolute atomic E-state index is 0.0943. The number of hydrogen-bond acceptors (Lipinski definition) is 3. The highest BCUT2D eigenvalue weighted by Gasteiger charge is 2.28. The van der Waals surface area contributed by atoms with Gasteiger partial charge < -0.3 is 0 Å². The summed E-state index contributed by atoms with van der Waals surface area (Å²) in [6.45, 7) is 3.29. The molecule has 1 N–H and O–H groups in total. The first kappa shape index (κ1) is 14.0. The van der Waals surface area contributed by atoms with E-state index in [0.29, 0.717) is 11.4 Å². The lowest BCUT2D eigenvalue weighted by Crippen LogP contribution is -2.44. The van der Waals surface area contributed by atoms with Gasteiger partial charge in [-0.15, -0.1) is 0 Å². The summed E-state index contributed by atoms with van der Waals surface area (Å²) < 4.78 is 26.3. The highest BCUT2D eigenvalue weighted by molar-refractivity contribution is 7.89. The molecule has 1 unspecified atom stereocenters. The summed E-state index contributed by atoms with van der Waals surface area (Å²) in [5.41, 5.74) is -1.10. The van der Waals surface area contributed by atoms with Crippen LogP contribution in [0, 0.1) is 11.3 Å². The summed E-state index contributed by atoms with van der Waals surface area (Å²) in [5.74, 6) is 0. The van der Waals surface area contributed by atoms with Crippen LogP contribution in [-0.2, 0) is 10.0 Å². The third-order valence-corrected chi connectivity index (χ3v) is 4.30. The molecule has 0 heterocycles. The third kappa shape index (κ3) is 3.43. The van der Waals surface area contributed by atoms with Crippen LogP contribution in [0.1, 0.15) is 20.3 Å². The van der Waals surface area contributed by atoms with E-state index in [-0.39, 0.29) is 4.90 Å². The number of nitrogens with one attached hydrogen (secondary N) is 1. The van der Waals surface area contributed by atoms with Crippen molar-refractivity contribution in [1.82, 2.24) is 4.72 Å². The van der Waals surface area contributed by atoms with Gasteiger partial charge in [-0.3, -0.25) is 0 Å². The number of sulfonamides is 1. The van der Waals surface area contributed by atoms with Crippen LogP contribution in [0.5, 0.6) is 0 Å². The summed E-state index contributed by atoms with van der Waals surface area (Å²) in [5, 5.41) is 9.40. The fraction of sp³-hybridized carbons (Fsp3) is 0.364. The maximum Gasteiger partial charge on any atom is 0.241 e. The molecule has 92 valence electrons. The lowest BCUT2D eigenvalue weighted by molar-refractivity contribution is 0.495. The predicted octanol–water partition coefficient (Wildman–Crippen LogP) is 2.31. The lowest BCUT2D eigenvalue weighted by atomic mass is 10.0. The molecular weight excluding hydrogens is 260 g/mol. The van der Waals surface area contributed by atoms with Crippen molar-refractivity contribution in [3.63, 3.8) is 0 Å². The zero-order valence-electron chi connectivity index (χ0n) is 9.57. The van der Waals surface area contributed by atoms with Gasteiger partial charge >= 0.3 is 0 Å². The van der Waals surface area contributed by atoms with Crippen LogP contribution in [0.3, 0.4) is 0 Å². The van der Waals surface area contributed by atoms with Crippen molar-refractivity contribution in [2.24, 2.45) is 0 Å². The molecule has 0 saturated heterocycles. The molecule has 0 saturated carbocycles. The van der Waals surface area contributed by atoms with Gasteiger partial charge in [0.25, 0.3) is 0 Å². The van der Waals surface area contributed by atoms with Crippen molar-refractivity contribution >= 4 is 21.6 Å². The predicted molar refractivity (Wildman–Crippen MR) is 66.1 cm³/mol. The highest BCUT2D eigenvalue weighted by atomic mass is 35.5. The second-order valence-electron chi connectivity index (χ2n) is 3.86. The van der Waals surface area contributed by atoms with Crippen LogP contribution in [0.4, 0.5) is 0 Å². The van der Waals surface area contributed by atoms with E-state index in [4.69, 9.17) is 16.9 Å². The summed E-state index contributed by atoms with van der Waals surface area (Å²) in [6.07, 6.45) is 0.385. The minimum Gasteiger partial charge on any atom is -0.207 e. The first-order chi connectivity index (χ1) is 7.83. The largest absolute Gasteiger partial charge is 0.241 e. The summed E-state index contributed by atoms with van der Waals surface area (Å²) in [6, 6.07) is 7.73. The molecule has 1 aromatic rings. The number of nitrogens with zero attached hydrogens (tertiary/aromatic N) is 1. The Morgan fingerprint density at radius 1 is 1.41 bits per heavy atom. The fourth-order valence-corrected chi connectivity index (χ4v) is 2.66. The number of halogens is 1. The molecule has 0 fully saturated rings. The average Bonchev–Trinajstić information content (AvgIpc) is 2.29. The molecule has 0 aliphatic heterocycles. The van der Waals surface area contributed by atoms with Gasteiger partial charge in [-0.1, -0.05) is 18.5 Å². The average molecular weight is 273 g/mol. The third-order valence-electron chi connectivity index (χ3n) is 2.44. The Hall–Kier alpha value is -1.09. The van der Waals surface area contributed by atoms with Crippen LogP contribution < -0.4 is 4.72 Å². The molecule has 0 aromatic heterocycles. The molecule has 1 aromatic carbocycles. The second-order valence-corrected chi connectivity index (χ2v) is 5.98. The van der Waals surface area contributed by atoms with Crippen molar-refractivity contribution < 1.29 is 8.42 Å². The zero-order valence-corrected chi connectivity index (χ0v) is 11.1. The molecule has 0 bridgehead atoms. The van der Waals surface area contributed by atoms with Crippen molar-refractivity contribution in [3.05, 3.63) is 29.3 Å². The SMILES string of the molecule is CCC(C)(C#N)NS(=O)(=O)c1ccc(Cl)cc1. The van der Waals surface area contributed by atoms with Gasteiger partial charge in [-0.05, 0) is 37.6 Å². The second kappa shape index (κ2) is 5.05. The van der Waals surface area contributed by atoms with Gasteiger partial charge in [0.1, 0.15) is 5.54 Å². The minimum atomic E-state index is -3.69. The molecule has 1 rings (SSSR count). The van der Waals surface area contributed by atoms with E-state index in [9.17, 15) is 8.42 Å². The monoisotopic (exact) mass is 272 g/mol. The molecule has 0 aliphatic carbocycles. The number of nitriles is 1. The van der Waals surface area contributed by atoms with Gasteiger partial charge in [-0.25, -0.2) is 8.42 Å². The number of hydrogen-bond donors (Lipinski definition) is 1. The Labute approximate surface area is 106 Å². The summed E-state index contributed by atoms with van der Waals surface area (Å²) >= 11 is 5.68. The Bertz CT molecular complexity index is 534. The van der Waals surface area contributed by atoms with Crippen LogP contribution in [0.2, 0.25) is 5.02 Å². The highest BCUT2D eigenvalue weighted by Crippen LogP contribution is 2.17. The van der Waals surface area contributed by atoms with Crippen LogP contribution in [0.15, 0.2) is 29.2 Å². The standard InChI is InChI=1S/C11H13ClN2O2S/c1-3-11(2,8-13)14-17(15,16)10-6-4-9(12)5-7-10/h4-7,14H,3H2,1-2H3. The lowest BCUT2D eigenvalue weighted by Gasteiger charge is -2.20. The van der Waals surface area contributed by atoms with Gasteiger partial charge in [0.2, 0.25) is 10.0 Å². The van der Waals surface area contributed by atoms with E-state index in [2.05, 4.69) is 4.72 Å². The quantitative estimate of drug-likeness (QED) is 0.914. The number of rotatable bonds is 4. The van der Waals surface area contributed by atoms with Crippen LogP contribution in [0.25, 0.3) is 0 Å². The molecule has 17 heavy (non-hydrogen) atoms. The van der Waals surface area contributed by atoms with E-state index in [1.807, 2.05) is 6.07 Å². The molecule has 0 aliphatic rings. The van der Waals surface area contributed by atoms with Crippen molar-refractivity contribution in [1.29, 1.82) is 5.26 Å². The maximum absolute atomic E-state index is 12.0. The molecule has 0 amide bonds. The smallest absolute Gasteiger partial charge is 0.207 e. The Balaban J connectivity index is 3.06. The van der Waals surface area contributed by atoms with E-state index >= 15 is 0 Å². The van der Waals surface area contributed by atoms with E-state index in [1.165, 1.54) is 24.3 Å².